The highest BCUT2D eigenvalue weighted by Crippen LogP contribution is 2.32. The minimum absolute atomic E-state index is 0.0976. The first-order valence-electron chi connectivity index (χ1n) is 9.27. The van der Waals surface area contributed by atoms with Gasteiger partial charge in [0.05, 0.1) is 13.2 Å². The molecule has 1 aliphatic heterocycles. The van der Waals surface area contributed by atoms with Crippen molar-refractivity contribution in [1.29, 1.82) is 0 Å². The average Bonchev–Trinajstić information content (AvgIpc) is 3.45. The van der Waals surface area contributed by atoms with Crippen LogP contribution in [-0.2, 0) is 11.2 Å². The monoisotopic (exact) mass is 346 g/mol. The van der Waals surface area contributed by atoms with Crippen molar-refractivity contribution in [2.45, 2.75) is 31.8 Å². The molecule has 1 aliphatic carbocycles. The molecule has 0 unspecified atom stereocenters. The van der Waals surface area contributed by atoms with Crippen LogP contribution >= 0.6 is 0 Å². The van der Waals surface area contributed by atoms with Crippen LogP contribution in [0.2, 0.25) is 0 Å². The molecule has 1 saturated carbocycles. The summed E-state index contributed by atoms with van der Waals surface area (Å²) < 4.78 is 11.5. The fraction of sp³-hybridized carbons (Fsp3) is 0.650. The van der Waals surface area contributed by atoms with E-state index in [2.05, 4.69) is 12.1 Å². The maximum absolute atomic E-state index is 12.4. The lowest BCUT2D eigenvalue weighted by atomic mass is 9.88. The number of carbonyl (C=O) groups excluding carboxylic acids is 1. The number of benzene rings is 1. The number of nitrogens with zero attached hydrogens (tertiary/aromatic N) is 2. The van der Waals surface area contributed by atoms with Gasteiger partial charge in [-0.25, -0.2) is 4.79 Å². The fourth-order valence-electron chi connectivity index (χ4n) is 3.49. The lowest BCUT2D eigenvalue weighted by Gasteiger charge is -2.39. The second-order valence-electron chi connectivity index (χ2n) is 7.54. The van der Waals surface area contributed by atoms with Gasteiger partial charge in [0.15, 0.2) is 0 Å². The van der Waals surface area contributed by atoms with Crippen molar-refractivity contribution < 1.29 is 14.3 Å². The van der Waals surface area contributed by atoms with Crippen LogP contribution in [0.3, 0.4) is 0 Å². The summed E-state index contributed by atoms with van der Waals surface area (Å²) in [6, 6.07) is 8.33. The van der Waals surface area contributed by atoms with Crippen molar-refractivity contribution in [3.05, 3.63) is 29.8 Å². The minimum Gasteiger partial charge on any atom is -0.497 e. The minimum atomic E-state index is 0.0976. The van der Waals surface area contributed by atoms with Gasteiger partial charge in [-0.05, 0) is 49.3 Å². The van der Waals surface area contributed by atoms with Gasteiger partial charge in [-0.15, -0.1) is 0 Å². The molecule has 2 atom stereocenters. The molecule has 1 saturated heterocycles. The fourth-order valence-corrected chi connectivity index (χ4v) is 3.49. The Morgan fingerprint density at radius 1 is 1.20 bits per heavy atom. The Kier molecular flexibility index (Phi) is 5.84. The zero-order chi connectivity index (χ0) is 17.8. The molecule has 5 heteroatoms. The van der Waals surface area contributed by atoms with E-state index in [9.17, 15) is 4.79 Å². The van der Waals surface area contributed by atoms with Gasteiger partial charge in [0.2, 0.25) is 0 Å². The normalized spacial score (nSPS) is 23.4. The molecule has 0 aromatic heterocycles. The lowest BCUT2D eigenvalue weighted by molar-refractivity contribution is -0.0309. The van der Waals surface area contributed by atoms with Gasteiger partial charge in [-0.2, -0.15) is 0 Å². The SMILES string of the molecule is COc1ccc(C[C@@H]2CN(C(=O)N(C)C)CC[C@H]2OCC2CC2)cc1. The van der Waals surface area contributed by atoms with E-state index < -0.39 is 0 Å². The van der Waals surface area contributed by atoms with E-state index in [1.54, 1.807) is 12.0 Å². The van der Waals surface area contributed by atoms with E-state index in [1.807, 2.05) is 31.1 Å². The van der Waals surface area contributed by atoms with Crippen LogP contribution in [0.1, 0.15) is 24.8 Å². The van der Waals surface area contributed by atoms with Crippen LogP contribution in [0.25, 0.3) is 0 Å². The molecule has 0 radical (unpaired) electrons. The molecule has 2 fully saturated rings. The summed E-state index contributed by atoms with van der Waals surface area (Å²) in [6.07, 6.45) is 4.71. The zero-order valence-electron chi connectivity index (χ0n) is 15.6. The Hall–Kier alpha value is -1.75. The molecule has 138 valence electrons. The summed E-state index contributed by atoms with van der Waals surface area (Å²) in [5, 5.41) is 0. The van der Waals surface area contributed by atoms with Crippen LogP contribution in [0.4, 0.5) is 4.79 Å². The summed E-state index contributed by atoms with van der Waals surface area (Å²) in [5.74, 6) is 1.98. The molecule has 25 heavy (non-hydrogen) atoms. The molecule has 3 rings (SSSR count). The largest absolute Gasteiger partial charge is 0.497 e. The van der Waals surface area contributed by atoms with Gasteiger partial charge in [0.1, 0.15) is 5.75 Å². The third-order valence-corrected chi connectivity index (χ3v) is 5.22. The zero-order valence-corrected chi connectivity index (χ0v) is 15.6. The second-order valence-corrected chi connectivity index (χ2v) is 7.54. The Morgan fingerprint density at radius 3 is 2.52 bits per heavy atom. The molecule has 1 aromatic rings. The number of likely N-dealkylation sites (tertiary alicyclic amines) is 1. The first-order chi connectivity index (χ1) is 12.1. The summed E-state index contributed by atoms with van der Waals surface area (Å²) in [7, 11) is 5.32. The number of urea groups is 1. The molecule has 1 aromatic carbocycles. The molecule has 0 bridgehead atoms. The average molecular weight is 346 g/mol. The third-order valence-electron chi connectivity index (χ3n) is 5.22. The first kappa shape index (κ1) is 18.1. The standard InChI is InChI=1S/C20H30N2O3/c1-21(2)20(23)22-11-10-19(25-14-16-4-5-16)17(13-22)12-15-6-8-18(24-3)9-7-15/h6-9,16-17,19H,4-5,10-14H2,1-3H3/t17-,19-/m1/s1. The number of amides is 2. The Morgan fingerprint density at radius 2 is 1.92 bits per heavy atom. The Balaban J connectivity index is 1.66. The molecule has 2 amide bonds. The van der Waals surface area contributed by atoms with Crippen LogP contribution in [0, 0.1) is 11.8 Å². The highest BCUT2D eigenvalue weighted by atomic mass is 16.5. The molecular weight excluding hydrogens is 316 g/mol. The summed E-state index contributed by atoms with van der Waals surface area (Å²) >= 11 is 0. The summed E-state index contributed by atoms with van der Waals surface area (Å²) in [5.41, 5.74) is 1.27. The number of methoxy groups -OCH3 is 1. The number of ether oxygens (including phenoxy) is 2. The molecule has 2 aliphatic rings. The maximum atomic E-state index is 12.4. The van der Waals surface area contributed by atoms with Crippen molar-refractivity contribution in [3.8, 4) is 5.75 Å². The maximum Gasteiger partial charge on any atom is 0.319 e. The van der Waals surface area contributed by atoms with Crippen molar-refractivity contribution in [2.24, 2.45) is 11.8 Å². The van der Waals surface area contributed by atoms with E-state index in [0.717, 1.165) is 44.2 Å². The third kappa shape index (κ3) is 4.88. The van der Waals surface area contributed by atoms with Crippen molar-refractivity contribution in [1.82, 2.24) is 9.80 Å². The van der Waals surface area contributed by atoms with E-state index in [1.165, 1.54) is 18.4 Å². The number of hydrogen-bond donors (Lipinski definition) is 0. The molecular formula is C20H30N2O3. The molecule has 1 heterocycles. The van der Waals surface area contributed by atoms with Gasteiger partial charge in [0.25, 0.3) is 0 Å². The first-order valence-corrected chi connectivity index (χ1v) is 9.27. The summed E-state index contributed by atoms with van der Waals surface area (Å²) in [6.45, 7) is 2.43. The second kappa shape index (κ2) is 8.09. The molecule has 5 nitrogen and oxygen atoms in total. The van der Waals surface area contributed by atoms with E-state index in [4.69, 9.17) is 9.47 Å². The highest BCUT2D eigenvalue weighted by Gasteiger charge is 2.34. The van der Waals surface area contributed by atoms with Crippen molar-refractivity contribution in [2.75, 3.05) is 40.9 Å². The van der Waals surface area contributed by atoms with E-state index >= 15 is 0 Å². The number of carbonyl (C=O) groups is 1. The number of piperidine rings is 1. The van der Waals surface area contributed by atoms with Crippen molar-refractivity contribution in [3.63, 3.8) is 0 Å². The molecule has 0 N–H and O–H groups in total. The highest BCUT2D eigenvalue weighted by molar-refractivity contribution is 5.73. The predicted molar refractivity (Wildman–Crippen MR) is 97.9 cm³/mol. The van der Waals surface area contributed by atoms with Crippen LogP contribution in [-0.4, -0.2) is 62.8 Å². The molecule has 0 spiro atoms. The van der Waals surface area contributed by atoms with Gasteiger partial charge in [0, 0.05) is 39.7 Å². The smallest absolute Gasteiger partial charge is 0.319 e. The van der Waals surface area contributed by atoms with Crippen LogP contribution < -0.4 is 4.74 Å². The number of hydrogen-bond acceptors (Lipinski definition) is 3. The van der Waals surface area contributed by atoms with Crippen molar-refractivity contribution >= 4 is 6.03 Å². The van der Waals surface area contributed by atoms with Gasteiger partial charge in [-0.1, -0.05) is 12.1 Å². The van der Waals surface area contributed by atoms with Gasteiger partial charge in [-0.3, -0.25) is 0 Å². The Labute approximate surface area is 150 Å². The quantitative estimate of drug-likeness (QED) is 0.795. The summed E-state index contributed by atoms with van der Waals surface area (Å²) in [4.78, 5) is 16.0. The predicted octanol–water partition coefficient (Wildman–Crippen LogP) is 3.04. The van der Waals surface area contributed by atoms with Crippen LogP contribution in [0.15, 0.2) is 24.3 Å². The van der Waals surface area contributed by atoms with E-state index in [-0.39, 0.29) is 12.1 Å². The van der Waals surface area contributed by atoms with Crippen LogP contribution in [0.5, 0.6) is 5.75 Å². The lowest BCUT2D eigenvalue weighted by Crippen LogP contribution is -2.50. The number of rotatable bonds is 6. The Bertz CT molecular complexity index is 569. The topological polar surface area (TPSA) is 42.0 Å². The van der Waals surface area contributed by atoms with E-state index in [0.29, 0.717) is 5.92 Å². The van der Waals surface area contributed by atoms with Gasteiger partial charge < -0.3 is 19.3 Å². The van der Waals surface area contributed by atoms with Gasteiger partial charge >= 0.3 is 6.03 Å².